The van der Waals surface area contributed by atoms with Gasteiger partial charge < -0.3 is 18.8 Å². The molecule has 140 valence electrons. The summed E-state index contributed by atoms with van der Waals surface area (Å²) in [4.78, 5) is 14.3. The average molecular weight is 377 g/mol. The molecule has 1 aromatic heterocycles. The number of amides is 1. The van der Waals surface area contributed by atoms with E-state index in [-0.39, 0.29) is 5.91 Å². The SMILES string of the molecule is COc1cc(OC)cc(-c2nnc(SCC(=O)N3CCCC(C)C3)o2)c1. The molecule has 1 fully saturated rings. The molecule has 1 saturated heterocycles. The minimum Gasteiger partial charge on any atom is -0.497 e. The lowest BCUT2D eigenvalue weighted by Gasteiger charge is -2.30. The van der Waals surface area contributed by atoms with Crippen LogP contribution in [0.3, 0.4) is 0 Å². The van der Waals surface area contributed by atoms with Crippen molar-refractivity contribution < 1.29 is 18.7 Å². The first-order valence-electron chi connectivity index (χ1n) is 8.56. The quantitative estimate of drug-likeness (QED) is 0.716. The molecule has 2 heterocycles. The molecule has 1 aromatic carbocycles. The third kappa shape index (κ3) is 4.49. The Kier molecular flexibility index (Phi) is 6.03. The molecule has 2 aromatic rings. The summed E-state index contributed by atoms with van der Waals surface area (Å²) in [6, 6.07) is 5.36. The lowest BCUT2D eigenvalue weighted by atomic mass is 10.0. The Morgan fingerprint density at radius 3 is 2.65 bits per heavy atom. The summed E-state index contributed by atoms with van der Waals surface area (Å²) in [6.07, 6.45) is 2.26. The Labute approximate surface area is 157 Å². The van der Waals surface area contributed by atoms with Gasteiger partial charge in [-0.15, -0.1) is 10.2 Å². The van der Waals surface area contributed by atoms with Gasteiger partial charge in [-0.2, -0.15) is 0 Å². The highest BCUT2D eigenvalue weighted by Crippen LogP contribution is 2.30. The number of aromatic nitrogens is 2. The molecule has 1 aliphatic heterocycles. The predicted octanol–water partition coefficient (Wildman–Crippen LogP) is 3.10. The van der Waals surface area contributed by atoms with Crippen LogP contribution < -0.4 is 9.47 Å². The van der Waals surface area contributed by atoms with Crippen LogP contribution >= 0.6 is 11.8 Å². The van der Waals surface area contributed by atoms with E-state index < -0.39 is 0 Å². The van der Waals surface area contributed by atoms with Crippen LogP contribution in [-0.4, -0.2) is 54.1 Å². The molecule has 1 atom stereocenters. The van der Waals surface area contributed by atoms with Crippen LogP contribution in [-0.2, 0) is 4.79 Å². The van der Waals surface area contributed by atoms with Crippen LogP contribution in [0.4, 0.5) is 0 Å². The summed E-state index contributed by atoms with van der Waals surface area (Å²) < 4.78 is 16.2. The first-order valence-corrected chi connectivity index (χ1v) is 9.55. The van der Waals surface area contributed by atoms with Crippen LogP contribution in [0.2, 0.25) is 0 Å². The number of benzene rings is 1. The summed E-state index contributed by atoms with van der Waals surface area (Å²) in [5.41, 5.74) is 0.705. The lowest BCUT2D eigenvalue weighted by molar-refractivity contribution is -0.130. The van der Waals surface area contributed by atoms with Gasteiger partial charge in [-0.25, -0.2) is 0 Å². The van der Waals surface area contributed by atoms with Crippen LogP contribution in [0.1, 0.15) is 19.8 Å². The average Bonchev–Trinajstić information content (AvgIpc) is 3.14. The molecular formula is C18H23N3O4S. The van der Waals surface area contributed by atoms with E-state index in [1.807, 2.05) is 4.90 Å². The summed E-state index contributed by atoms with van der Waals surface area (Å²) in [7, 11) is 3.17. The normalized spacial score (nSPS) is 17.2. The standard InChI is InChI=1S/C18H23N3O4S/c1-12-5-4-6-21(10-12)16(22)11-26-18-20-19-17(25-18)13-7-14(23-2)9-15(8-13)24-3/h7-9,12H,4-6,10-11H2,1-3H3. The van der Waals surface area contributed by atoms with Crippen molar-refractivity contribution in [2.24, 2.45) is 5.92 Å². The molecule has 26 heavy (non-hydrogen) atoms. The zero-order valence-corrected chi connectivity index (χ0v) is 16.0. The Morgan fingerprint density at radius 2 is 2.00 bits per heavy atom. The molecule has 1 amide bonds. The number of nitrogens with zero attached hydrogens (tertiary/aromatic N) is 3. The summed E-state index contributed by atoms with van der Waals surface area (Å²) in [5.74, 6) is 2.63. The minimum absolute atomic E-state index is 0.115. The van der Waals surface area contributed by atoms with Crippen LogP contribution in [0.5, 0.6) is 11.5 Å². The highest BCUT2D eigenvalue weighted by atomic mass is 32.2. The molecule has 1 aliphatic rings. The fourth-order valence-electron chi connectivity index (χ4n) is 2.95. The molecule has 3 rings (SSSR count). The fraction of sp³-hybridized carbons (Fsp3) is 0.500. The molecule has 1 unspecified atom stereocenters. The van der Waals surface area contributed by atoms with E-state index >= 15 is 0 Å². The van der Waals surface area contributed by atoms with E-state index in [9.17, 15) is 4.79 Å². The van der Waals surface area contributed by atoms with Crippen LogP contribution in [0.25, 0.3) is 11.5 Å². The van der Waals surface area contributed by atoms with Crippen molar-refractivity contribution in [1.29, 1.82) is 0 Å². The fourth-order valence-corrected chi connectivity index (χ4v) is 3.61. The van der Waals surface area contributed by atoms with Gasteiger partial charge in [0.15, 0.2) is 0 Å². The van der Waals surface area contributed by atoms with E-state index in [0.29, 0.717) is 39.8 Å². The third-order valence-electron chi connectivity index (χ3n) is 4.33. The molecular weight excluding hydrogens is 354 g/mol. The second-order valence-electron chi connectivity index (χ2n) is 6.35. The molecule has 0 radical (unpaired) electrons. The topological polar surface area (TPSA) is 77.7 Å². The number of carbonyl (C=O) groups excluding carboxylic acids is 1. The van der Waals surface area contributed by atoms with Crippen molar-refractivity contribution in [1.82, 2.24) is 15.1 Å². The Morgan fingerprint density at radius 1 is 1.27 bits per heavy atom. The first kappa shape index (κ1) is 18.6. The molecule has 7 nitrogen and oxygen atoms in total. The lowest BCUT2D eigenvalue weighted by Crippen LogP contribution is -2.40. The van der Waals surface area contributed by atoms with Gasteiger partial charge in [-0.3, -0.25) is 4.79 Å². The molecule has 0 bridgehead atoms. The molecule has 0 spiro atoms. The zero-order valence-electron chi connectivity index (χ0n) is 15.2. The molecule has 0 N–H and O–H groups in total. The van der Waals surface area contributed by atoms with Crippen molar-refractivity contribution in [3.63, 3.8) is 0 Å². The van der Waals surface area contributed by atoms with Crippen LogP contribution in [0.15, 0.2) is 27.8 Å². The highest BCUT2D eigenvalue weighted by molar-refractivity contribution is 7.99. The maximum Gasteiger partial charge on any atom is 0.277 e. The third-order valence-corrected chi connectivity index (χ3v) is 5.14. The summed E-state index contributed by atoms with van der Waals surface area (Å²) in [6.45, 7) is 3.85. The summed E-state index contributed by atoms with van der Waals surface area (Å²) in [5, 5.41) is 8.47. The van der Waals surface area contributed by atoms with Gasteiger partial charge in [0.25, 0.3) is 5.22 Å². The zero-order chi connectivity index (χ0) is 18.5. The van der Waals surface area contributed by atoms with Gasteiger partial charge in [0, 0.05) is 24.7 Å². The highest BCUT2D eigenvalue weighted by Gasteiger charge is 2.21. The Hall–Kier alpha value is -2.22. The van der Waals surface area contributed by atoms with Gasteiger partial charge >= 0.3 is 0 Å². The first-order chi connectivity index (χ1) is 12.6. The smallest absolute Gasteiger partial charge is 0.277 e. The number of piperidine rings is 1. The minimum atomic E-state index is 0.115. The van der Waals surface area contributed by atoms with E-state index in [4.69, 9.17) is 13.9 Å². The van der Waals surface area contributed by atoms with Crippen LogP contribution in [0, 0.1) is 5.92 Å². The number of carbonyl (C=O) groups is 1. The molecule has 8 heteroatoms. The van der Waals surface area contributed by atoms with Crippen molar-refractivity contribution in [3.05, 3.63) is 18.2 Å². The Bertz CT molecular complexity index is 742. The number of ether oxygens (including phenoxy) is 2. The second kappa shape index (κ2) is 8.44. The van der Waals surface area contributed by atoms with Gasteiger partial charge in [0.2, 0.25) is 11.8 Å². The van der Waals surface area contributed by atoms with E-state index in [1.54, 1.807) is 32.4 Å². The van der Waals surface area contributed by atoms with Crippen molar-refractivity contribution in [2.45, 2.75) is 25.0 Å². The monoisotopic (exact) mass is 377 g/mol. The maximum absolute atomic E-state index is 12.3. The van der Waals surface area contributed by atoms with Crippen molar-refractivity contribution >= 4 is 17.7 Å². The van der Waals surface area contributed by atoms with E-state index in [0.717, 1.165) is 19.5 Å². The largest absolute Gasteiger partial charge is 0.497 e. The van der Waals surface area contributed by atoms with E-state index in [1.165, 1.54) is 18.2 Å². The molecule has 0 saturated carbocycles. The maximum atomic E-state index is 12.3. The number of rotatable bonds is 6. The number of thioether (sulfide) groups is 1. The Balaban J connectivity index is 1.64. The second-order valence-corrected chi connectivity index (χ2v) is 7.28. The van der Waals surface area contributed by atoms with Gasteiger partial charge in [-0.1, -0.05) is 18.7 Å². The van der Waals surface area contributed by atoms with Gasteiger partial charge in [0.05, 0.1) is 20.0 Å². The van der Waals surface area contributed by atoms with Gasteiger partial charge in [-0.05, 0) is 30.9 Å². The number of methoxy groups -OCH3 is 2. The van der Waals surface area contributed by atoms with E-state index in [2.05, 4.69) is 17.1 Å². The number of hydrogen-bond donors (Lipinski definition) is 0. The van der Waals surface area contributed by atoms with Gasteiger partial charge in [0.1, 0.15) is 11.5 Å². The summed E-state index contributed by atoms with van der Waals surface area (Å²) >= 11 is 1.26. The van der Waals surface area contributed by atoms with Crippen molar-refractivity contribution in [2.75, 3.05) is 33.1 Å². The number of hydrogen-bond acceptors (Lipinski definition) is 7. The molecule has 0 aliphatic carbocycles. The number of likely N-dealkylation sites (tertiary alicyclic amines) is 1. The predicted molar refractivity (Wildman–Crippen MR) is 98.5 cm³/mol. The van der Waals surface area contributed by atoms with Crippen molar-refractivity contribution in [3.8, 4) is 23.0 Å².